The van der Waals surface area contributed by atoms with Crippen molar-refractivity contribution in [2.24, 2.45) is 11.8 Å². The number of para-hydroxylation sites is 1. The second kappa shape index (κ2) is 20.2. The second-order valence-corrected chi connectivity index (χ2v) is 11.0. The van der Waals surface area contributed by atoms with E-state index in [2.05, 4.69) is 28.2 Å². The van der Waals surface area contributed by atoms with E-state index in [4.69, 9.17) is 5.11 Å². The van der Waals surface area contributed by atoms with Crippen LogP contribution < -0.4 is 5.32 Å². The molecular weight excluding hydrogens is 522 g/mol. The van der Waals surface area contributed by atoms with Gasteiger partial charge in [0.15, 0.2) is 0 Å². The lowest BCUT2D eigenvalue weighted by molar-refractivity contribution is -0.144. The summed E-state index contributed by atoms with van der Waals surface area (Å²) < 4.78 is 0. The number of anilines is 1. The molecule has 1 amide bonds. The smallest absolute Gasteiger partial charge is 0.306 e. The number of unbranched alkanes of at least 4 members (excludes halogenated alkanes) is 9. The Balaban J connectivity index is 2.65. The van der Waals surface area contributed by atoms with Crippen molar-refractivity contribution in [3.8, 4) is 0 Å². The molecule has 3 atom stereocenters. The second-order valence-electron chi connectivity index (χ2n) is 9.83. The first kappa shape index (κ1) is 32.1. The third kappa shape index (κ3) is 15.3. The van der Waals surface area contributed by atoms with Crippen molar-refractivity contribution in [1.82, 2.24) is 0 Å². The van der Waals surface area contributed by atoms with Crippen molar-refractivity contribution in [3.05, 3.63) is 30.3 Å². The number of benzene rings is 1. The van der Waals surface area contributed by atoms with Crippen LogP contribution in [0.2, 0.25) is 0 Å². The third-order valence-electron chi connectivity index (χ3n) is 6.80. The van der Waals surface area contributed by atoms with Crippen LogP contribution in [0.5, 0.6) is 0 Å². The number of carboxylic acid groups (broad SMARTS) is 2. The van der Waals surface area contributed by atoms with Crippen LogP contribution in [0.3, 0.4) is 0 Å². The van der Waals surface area contributed by atoms with Gasteiger partial charge in [0, 0.05) is 23.4 Å². The van der Waals surface area contributed by atoms with Crippen LogP contribution in [0.1, 0.15) is 110 Å². The van der Waals surface area contributed by atoms with Crippen molar-refractivity contribution < 1.29 is 24.6 Å². The maximum atomic E-state index is 12.5. The lowest BCUT2D eigenvalue weighted by Crippen LogP contribution is -2.31. The van der Waals surface area contributed by atoms with E-state index in [9.17, 15) is 19.5 Å². The molecule has 1 rings (SSSR count). The molecule has 3 unspecified atom stereocenters. The molecule has 0 aliphatic heterocycles. The number of nitrogens with one attached hydrogen (secondary N) is 1. The molecule has 0 aromatic heterocycles. The maximum absolute atomic E-state index is 12.5. The van der Waals surface area contributed by atoms with Gasteiger partial charge in [0.25, 0.3) is 0 Å². The topological polar surface area (TPSA) is 104 Å². The summed E-state index contributed by atoms with van der Waals surface area (Å²) in [6.07, 6.45) is 14.0. The van der Waals surface area contributed by atoms with E-state index in [1.807, 2.05) is 30.3 Å². The number of rotatable bonds is 22. The fourth-order valence-corrected chi connectivity index (χ4v) is 5.66. The lowest BCUT2D eigenvalue weighted by atomic mass is 9.80. The molecular formula is C29H46BrNO5. The molecule has 0 heterocycles. The van der Waals surface area contributed by atoms with Gasteiger partial charge in [-0.15, -0.1) is 0 Å². The Morgan fingerprint density at radius 1 is 0.778 bits per heavy atom. The van der Waals surface area contributed by atoms with Gasteiger partial charge in [-0.25, -0.2) is 0 Å². The van der Waals surface area contributed by atoms with Crippen LogP contribution in [0.4, 0.5) is 5.69 Å². The SMILES string of the molecule is CCCCCCCCC(Br)C(CCCCCCCC(=O)O)C(CCC(=O)Nc1ccccc1)C(=O)O. The highest BCUT2D eigenvalue weighted by Crippen LogP contribution is 2.34. The number of carbonyl (C=O) groups is 3. The van der Waals surface area contributed by atoms with E-state index < -0.39 is 17.9 Å². The quantitative estimate of drug-likeness (QED) is 0.0970. The van der Waals surface area contributed by atoms with E-state index in [-0.39, 0.29) is 29.5 Å². The van der Waals surface area contributed by atoms with Gasteiger partial charge in [0.2, 0.25) is 5.91 Å². The molecule has 0 aliphatic carbocycles. The molecule has 3 N–H and O–H groups in total. The Morgan fingerprint density at radius 2 is 1.36 bits per heavy atom. The molecule has 0 fully saturated rings. The van der Waals surface area contributed by atoms with Gasteiger partial charge in [-0.05, 0) is 43.7 Å². The number of amides is 1. The molecule has 0 saturated heterocycles. The maximum Gasteiger partial charge on any atom is 0.306 e. The van der Waals surface area contributed by atoms with Crippen molar-refractivity contribution in [1.29, 1.82) is 0 Å². The Morgan fingerprint density at radius 3 is 1.97 bits per heavy atom. The van der Waals surface area contributed by atoms with Gasteiger partial charge in [0.1, 0.15) is 0 Å². The Kier molecular flexibility index (Phi) is 18.0. The Bertz CT molecular complexity index is 742. The van der Waals surface area contributed by atoms with Crippen LogP contribution in [0, 0.1) is 11.8 Å². The zero-order valence-electron chi connectivity index (χ0n) is 21.9. The highest BCUT2D eigenvalue weighted by molar-refractivity contribution is 9.09. The fourth-order valence-electron chi connectivity index (χ4n) is 4.71. The number of hydrogen-bond acceptors (Lipinski definition) is 3. The average Bonchev–Trinajstić information content (AvgIpc) is 2.84. The molecule has 0 spiro atoms. The van der Waals surface area contributed by atoms with Crippen molar-refractivity contribution >= 4 is 39.5 Å². The minimum absolute atomic E-state index is 0.0401. The minimum Gasteiger partial charge on any atom is -0.481 e. The van der Waals surface area contributed by atoms with E-state index in [0.717, 1.165) is 57.1 Å². The summed E-state index contributed by atoms with van der Waals surface area (Å²) in [5, 5.41) is 21.7. The average molecular weight is 569 g/mol. The number of hydrogen-bond donors (Lipinski definition) is 3. The first-order valence-corrected chi connectivity index (χ1v) is 14.7. The molecule has 6 nitrogen and oxygen atoms in total. The zero-order chi connectivity index (χ0) is 26.6. The van der Waals surface area contributed by atoms with Crippen molar-refractivity contribution in [2.75, 3.05) is 5.32 Å². The fraction of sp³-hybridized carbons (Fsp3) is 0.690. The number of alkyl halides is 1. The molecule has 204 valence electrons. The highest BCUT2D eigenvalue weighted by Gasteiger charge is 2.32. The van der Waals surface area contributed by atoms with Gasteiger partial charge in [-0.1, -0.05) is 105 Å². The van der Waals surface area contributed by atoms with Gasteiger partial charge >= 0.3 is 11.9 Å². The van der Waals surface area contributed by atoms with Gasteiger partial charge in [-0.2, -0.15) is 0 Å². The molecule has 0 radical (unpaired) electrons. The van der Waals surface area contributed by atoms with Gasteiger partial charge in [-0.3, -0.25) is 14.4 Å². The highest BCUT2D eigenvalue weighted by atomic mass is 79.9. The van der Waals surface area contributed by atoms with E-state index in [1.54, 1.807) is 0 Å². The van der Waals surface area contributed by atoms with Crippen molar-refractivity contribution in [3.63, 3.8) is 0 Å². The molecule has 36 heavy (non-hydrogen) atoms. The predicted molar refractivity (Wildman–Crippen MR) is 150 cm³/mol. The van der Waals surface area contributed by atoms with Crippen LogP contribution in [-0.2, 0) is 14.4 Å². The summed E-state index contributed by atoms with van der Waals surface area (Å²) >= 11 is 3.84. The molecule has 0 bridgehead atoms. The summed E-state index contributed by atoms with van der Waals surface area (Å²) in [4.78, 5) is 35.6. The van der Waals surface area contributed by atoms with Crippen molar-refractivity contribution in [2.45, 2.75) is 114 Å². The molecule has 0 aliphatic rings. The zero-order valence-corrected chi connectivity index (χ0v) is 23.5. The minimum atomic E-state index is -0.832. The summed E-state index contributed by atoms with van der Waals surface area (Å²) in [6, 6.07) is 9.23. The first-order valence-electron chi connectivity index (χ1n) is 13.8. The summed E-state index contributed by atoms with van der Waals surface area (Å²) in [7, 11) is 0. The van der Waals surface area contributed by atoms with Gasteiger partial charge in [0.05, 0.1) is 5.92 Å². The molecule has 0 saturated carbocycles. The Labute approximate surface area is 225 Å². The molecule has 1 aromatic rings. The largest absolute Gasteiger partial charge is 0.481 e. The van der Waals surface area contributed by atoms with Crippen LogP contribution in [0.25, 0.3) is 0 Å². The first-order chi connectivity index (χ1) is 17.3. The summed E-state index contributed by atoms with van der Waals surface area (Å²) in [5.74, 6) is -2.37. The number of carboxylic acids is 2. The lowest BCUT2D eigenvalue weighted by Gasteiger charge is -2.29. The van der Waals surface area contributed by atoms with Gasteiger partial charge < -0.3 is 15.5 Å². The van der Waals surface area contributed by atoms with E-state index in [1.165, 1.54) is 25.7 Å². The third-order valence-corrected chi connectivity index (χ3v) is 7.94. The monoisotopic (exact) mass is 567 g/mol. The summed E-state index contributed by atoms with van der Waals surface area (Å²) in [6.45, 7) is 2.21. The number of carbonyl (C=O) groups excluding carboxylic acids is 1. The molecule has 7 heteroatoms. The van der Waals surface area contributed by atoms with E-state index in [0.29, 0.717) is 12.8 Å². The van der Waals surface area contributed by atoms with E-state index >= 15 is 0 Å². The predicted octanol–water partition coefficient (Wildman–Crippen LogP) is 8.05. The van der Waals surface area contributed by atoms with Crippen LogP contribution in [-0.4, -0.2) is 32.9 Å². The van der Waals surface area contributed by atoms with Crippen LogP contribution >= 0.6 is 15.9 Å². The molecule has 1 aromatic carbocycles. The number of halogens is 1. The Hall–Kier alpha value is -1.89. The normalized spacial score (nSPS) is 13.6. The number of aliphatic carboxylic acids is 2. The standard InChI is InChI=1S/C29H46BrNO5/c1-2-3-4-5-8-14-19-26(30)24(18-13-7-6-9-15-20-28(33)34)25(29(35)36)21-22-27(32)31-23-16-11-10-12-17-23/h10-12,16-17,24-26H,2-9,13-15,18-22H2,1H3,(H,31,32)(H,33,34)(H,35,36). The van der Waals surface area contributed by atoms with Crippen LogP contribution in [0.15, 0.2) is 30.3 Å². The summed E-state index contributed by atoms with van der Waals surface area (Å²) in [5.41, 5.74) is 0.718.